The fourth-order valence-corrected chi connectivity index (χ4v) is 5.35. The molecule has 0 aromatic heterocycles. The first-order chi connectivity index (χ1) is 20.0. The average molecular weight is 624 g/mol. The average Bonchev–Trinajstić information content (AvgIpc) is 3.32. The number of fused-ring (bicyclic) bond motifs is 1. The quantitative estimate of drug-likeness (QED) is 0.295. The molecular weight excluding hydrogens is 590 g/mol. The van der Waals surface area contributed by atoms with E-state index in [1.807, 2.05) is 24.3 Å². The number of carbonyl (C=O) groups excluding carboxylic acids is 4. The van der Waals surface area contributed by atoms with Gasteiger partial charge in [-0.1, -0.05) is 47.5 Å². The summed E-state index contributed by atoms with van der Waals surface area (Å²) in [6, 6.07) is 7.95. The lowest BCUT2D eigenvalue weighted by Crippen LogP contribution is -2.56. The van der Waals surface area contributed by atoms with Gasteiger partial charge in [-0.05, 0) is 42.6 Å². The van der Waals surface area contributed by atoms with Crippen molar-refractivity contribution in [3.8, 4) is 0 Å². The largest absolute Gasteiger partial charge is 0.378 e. The summed E-state index contributed by atoms with van der Waals surface area (Å²) in [6.45, 7) is 0.526. The fraction of sp³-hybridized carbons (Fsp3) is 0.429. The van der Waals surface area contributed by atoms with E-state index in [1.54, 1.807) is 11.9 Å². The Morgan fingerprint density at radius 2 is 1.83 bits per heavy atom. The highest BCUT2D eigenvalue weighted by atomic mass is 35.5. The Morgan fingerprint density at radius 3 is 2.50 bits per heavy atom. The number of amides is 4. The second-order valence-corrected chi connectivity index (χ2v) is 11.1. The maximum absolute atomic E-state index is 14.5. The third kappa shape index (κ3) is 7.19. The molecular formula is C28H33Cl2FN6O5. The van der Waals surface area contributed by atoms with Gasteiger partial charge in [-0.3, -0.25) is 24.1 Å². The SMILES string of the molecule is CN1CN(C(O)CCC(=O)N2Cc3ccccc3C[C@H]2C(=O)N[C@@H](CCN)C(=O)Nc2ccc(Cl)c(Cl)c2F)CC1=O. The van der Waals surface area contributed by atoms with E-state index in [-0.39, 0.29) is 79.5 Å². The molecule has 0 saturated carbocycles. The summed E-state index contributed by atoms with van der Waals surface area (Å²) in [7, 11) is 1.63. The number of hydrogen-bond donors (Lipinski definition) is 4. The lowest BCUT2D eigenvalue weighted by atomic mass is 9.92. The van der Waals surface area contributed by atoms with Crippen LogP contribution in [-0.4, -0.2) is 88.6 Å². The molecule has 0 aliphatic carbocycles. The Bertz CT molecular complexity index is 1360. The molecule has 2 aromatic rings. The van der Waals surface area contributed by atoms with Crippen LogP contribution in [-0.2, 0) is 32.1 Å². The molecule has 1 unspecified atom stereocenters. The van der Waals surface area contributed by atoms with Gasteiger partial charge in [0.15, 0.2) is 5.82 Å². The monoisotopic (exact) mass is 622 g/mol. The zero-order valence-electron chi connectivity index (χ0n) is 23.0. The van der Waals surface area contributed by atoms with Crippen LogP contribution in [0.2, 0.25) is 10.0 Å². The van der Waals surface area contributed by atoms with Crippen molar-refractivity contribution in [1.29, 1.82) is 0 Å². The predicted molar refractivity (Wildman–Crippen MR) is 155 cm³/mol. The number of nitrogens with zero attached hydrogens (tertiary/aromatic N) is 3. The van der Waals surface area contributed by atoms with Crippen molar-refractivity contribution >= 4 is 52.5 Å². The molecule has 0 bridgehead atoms. The van der Waals surface area contributed by atoms with Crippen LogP contribution in [0.15, 0.2) is 36.4 Å². The van der Waals surface area contributed by atoms with Gasteiger partial charge in [0.1, 0.15) is 18.3 Å². The second kappa shape index (κ2) is 13.8. The van der Waals surface area contributed by atoms with E-state index < -0.39 is 35.9 Å². The molecule has 0 spiro atoms. The number of halogens is 3. The fourth-order valence-electron chi connectivity index (χ4n) is 5.04. The molecule has 1 fully saturated rings. The molecule has 14 heteroatoms. The number of benzene rings is 2. The highest BCUT2D eigenvalue weighted by molar-refractivity contribution is 6.42. The van der Waals surface area contributed by atoms with Crippen LogP contribution in [0.25, 0.3) is 0 Å². The standard InChI is InChI=1S/C28H33Cl2FN6O5/c1-35-15-36(14-24(35)40)22(38)8-9-23(39)37-13-17-5-3-2-4-16(17)12-21(37)28(42)34-20(10-11-32)27(41)33-19-7-6-18(29)25(30)26(19)31/h2-7,20-22,38H,8-15,32H2,1H3,(H,33,41)(H,34,42)/t20-,21-,22?/m0/s1. The molecule has 42 heavy (non-hydrogen) atoms. The smallest absolute Gasteiger partial charge is 0.247 e. The van der Waals surface area contributed by atoms with E-state index in [9.17, 15) is 28.7 Å². The number of hydrogen-bond acceptors (Lipinski definition) is 7. The molecule has 1 saturated heterocycles. The third-order valence-electron chi connectivity index (χ3n) is 7.45. The van der Waals surface area contributed by atoms with Crippen molar-refractivity contribution in [2.45, 2.75) is 50.5 Å². The predicted octanol–water partition coefficient (Wildman–Crippen LogP) is 1.69. The third-order valence-corrected chi connectivity index (χ3v) is 8.23. The molecule has 2 heterocycles. The Hall–Kier alpha value is -3.29. The first kappa shape index (κ1) is 31.6. The van der Waals surface area contributed by atoms with Crippen molar-refractivity contribution in [1.82, 2.24) is 20.0 Å². The van der Waals surface area contributed by atoms with E-state index in [4.69, 9.17) is 28.9 Å². The summed E-state index contributed by atoms with van der Waals surface area (Å²) in [6.07, 6.45) is -0.746. The van der Waals surface area contributed by atoms with Gasteiger partial charge < -0.3 is 31.3 Å². The second-order valence-electron chi connectivity index (χ2n) is 10.4. The van der Waals surface area contributed by atoms with E-state index in [0.29, 0.717) is 0 Å². The van der Waals surface area contributed by atoms with Gasteiger partial charge in [0.05, 0.1) is 28.9 Å². The molecule has 2 aliphatic heterocycles. The van der Waals surface area contributed by atoms with Crippen LogP contribution >= 0.6 is 23.2 Å². The Labute approximate surface area is 252 Å². The molecule has 4 rings (SSSR count). The molecule has 2 aromatic carbocycles. The summed E-state index contributed by atoms with van der Waals surface area (Å²) in [5.41, 5.74) is 7.26. The minimum absolute atomic E-state index is 0.0184. The maximum atomic E-state index is 14.5. The number of rotatable bonds is 10. The Kier molecular flexibility index (Phi) is 10.4. The van der Waals surface area contributed by atoms with E-state index in [0.717, 1.165) is 11.1 Å². The topological polar surface area (TPSA) is 148 Å². The van der Waals surface area contributed by atoms with Crippen molar-refractivity contribution in [3.63, 3.8) is 0 Å². The van der Waals surface area contributed by atoms with Crippen LogP contribution in [0.5, 0.6) is 0 Å². The van der Waals surface area contributed by atoms with Crippen LogP contribution in [0.1, 0.15) is 30.4 Å². The minimum atomic E-state index is -1.13. The van der Waals surface area contributed by atoms with Crippen molar-refractivity contribution in [2.24, 2.45) is 5.73 Å². The van der Waals surface area contributed by atoms with Crippen molar-refractivity contribution in [3.05, 3.63) is 63.4 Å². The molecule has 2 aliphatic rings. The lowest BCUT2D eigenvalue weighted by molar-refractivity contribution is -0.143. The van der Waals surface area contributed by atoms with Gasteiger partial charge in [-0.15, -0.1) is 0 Å². The number of aliphatic hydroxyl groups is 1. The maximum Gasteiger partial charge on any atom is 0.247 e. The molecule has 4 amide bonds. The summed E-state index contributed by atoms with van der Waals surface area (Å²) < 4.78 is 14.5. The summed E-state index contributed by atoms with van der Waals surface area (Å²) in [4.78, 5) is 56.4. The normalized spacial score (nSPS) is 18.4. The van der Waals surface area contributed by atoms with Gasteiger partial charge in [0, 0.05) is 26.4 Å². The van der Waals surface area contributed by atoms with Crippen molar-refractivity contribution in [2.75, 3.05) is 32.1 Å². The number of carbonyl (C=O) groups is 4. The number of nitrogens with two attached hydrogens (primary N) is 1. The van der Waals surface area contributed by atoms with Crippen LogP contribution in [0, 0.1) is 5.82 Å². The number of aliphatic hydroxyl groups excluding tert-OH is 1. The molecule has 5 N–H and O–H groups in total. The van der Waals surface area contributed by atoms with Gasteiger partial charge in [-0.2, -0.15) is 0 Å². The number of anilines is 1. The number of likely N-dealkylation sites (N-methyl/N-ethyl adjacent to an activating group) is 1. The van der Waals surface area contributed by atoms with Crippen LogP contribution in [0.3, 0.4) is 0 Å². The summed E-state index contributed by atoms with van der Waals surface area (Å²) >= 11 is 11.7. The summed E-state index contributed by atoms with van der Waals surface area (Å²) in [5, 5.41) is 15.3. The van der Waals surface area contributed by atoms with E-state index >= 15 is 0 Å². The van der Waals surface area contributed by atoms with Crippen LogP contribution < -0.4 is 16.4 Å². The minimum Gasteiger partial charge on any atom is -0.378 e. The molecule has 11 nitrogen and oxygen atoms in total. The van der Waals surface area contributed by atoms with Crippen LogP contribution in [0.4, 0.5) is 10.1 Å². The van der Waals surface area contributed by atoms with E-state index in [1.165, 1.54) is 21.9 Å². The highest BCUT2D eigenvalue weighted by Crippen LogP contribution is 2.30. The Morgan fingerprint density at radius 1 is 1.12 bits per heavy atom. The Balaban J connectivity index is 1.47. The number of nitrogens with one attached hydrogen (secondary N) is 2. The van der Waals surface area contributed by atoms with Crippen molar-refractivity contribution < 1.29 is 28.7 Å². The zero-order valence-corrected chi connectivity index (χ0v) is 24.5. The lowest BCUT2D eigenvalue weighted by Gasteiger charge is -2.37. The summed E-state index contributed by atoms with van der Waals surface area (Å²) in [5.74, 6) is -2.69. The highest BCUT2D eigenvalue weighted by Gasteiger charge is 2.37. The molecule has 0 radical (unpaired) electrons. The van der Waals surface area contributed by atoms with Gasteiger partial charge in [0.25, 0.3) is 0 Å². The zero-order chi connectivity index (χ0) is 30.6. The molecule has 3 atom stereocenters. The van der Waals surface area contributed by atoms with Gasteiger partial charge in [0.2, 0.25) is 23.6 Å². The van der Waals surface area contributed by atoms with Gasteiger partial charge >= 0.3 is 0 Å². The first-order valence-corrected chi connectivity index (χ1v) is 14.2. The van der Waals surface area contributed by atoms with E-state index in [2.05, 4.69) is 10.6 Å². The first-order valence-electron chi connectivity index (χ1n) is 13.5. The molecule has 226 valence electrons. The van der Waals surface area contributed by atoms with Gasteiger partial charge in [-0.25, -0.2) is 4.39 Å².